The van der Waals surface area contributed by atoms with E-state index in [0.717, 1.165) is 4.90 Å². The van der Waals surface area contributed by atoms with E-state index in [1.165, 1.54) is 0 Å². The largest absolute Gasteiger partial charge is 0.493 e. The summed E-state index contributed by atoms with van der Waals surface area (Å²) in [5, 5.41) is 13.4. The maximum Gasteiger partial charge on any atom is 0.240 e. The molecule has 1 fully saturated rings. The summed E-state index contributed by atoms with van der Waals surface area (Å²) in [4.78, 5) is 36.0. The van der Waals surface area contributed by atoms with Gasteiger partial charge in [0, 0.05) is 24.8 Å². The van der Waals surface area contributed by atoms with Crippen LogP contribution in [0.3, 0.4) is 0 Å². The van der Waals surface area contributed by atoms with Crippen molar-refractivity contribution in [3.05, 3.63) is 29.8 Å². The number of hydrogen-bond donors (Lipinski definition) is 2. The summed E-state index contributed by atoms with van der Waals surface area (Å²) in [6, 6.07) is 7.13. The molecule has 2 N–H and O–H groups in total. The summed E-state index contributed by atoms with van der Waals surface area (Å²) in [7, 11) is 0. The summed E-state index contributed by atoms with van der Waals surface area (Å²) >= 11 is 0. The normalized spacial score (nSPS) is 23.4. The Kier molecular flexibility index (Phi) is 4.04. The van der Waals surface area contributed by atoms with E-state index in [0.29, 0.717) is 24.3 Å². The molecule has 1 aromatic rings. The van der Waals surface area contributed by atoms with E-state index in [1.54, 1.807) is 18.2 Å². The molecule has 0 aromatic heterocycles. The maximum atomic E-state index is 12.0. The van der Waals surface area contributed by atoms with Crippen molar-refractivity contribution in [2.45, 2.75) is 24.9 Å². The Morgan fingerprint density at radius 2 is 1.96 bits per heavy atom. The van der Waals surface area contributed by atoms with Crippen molar-refractivity contribution >= 4 is 17.7 Å². The summed E-state index contributed by atoms with van der Waals surface area (Å²) in [5.41, 5.74) is -0.594. The van der Waals surface area contributed by atoms with Gasteiger partial charge in [0.2, 0.25) is 17.7 Å². The SMILES string of the molecule is O=C(CN1C(=O)CCC1=O)NCC1(O)CCOc2ccccc21. The second kappa shape index (κ2) is 6.00. The standard InChI is InChI=1S/C16H18N2O5/c19-13(9-18-14(20)5-6-15(18)21)17-10-16(22)7-8-23-12-4-2-1-3-11(12)16/h1-4,22H,5-10H2,(H,17,19). The maximum absolute atomic E-state index is 12.0. The number of para-hydroxylation sites is 1. The Bertz CT molecular complexity index is 644. The van der Waals surface area contributed by atoms with Gasteiger partial charge in [-0.05, 0) is 6.07 Å². The number of imide groups is 1. The number of nitrogens with zero attached hydrogens (tertiary/aromatic N) is 1. The highest BCUT2D eigenvalue weighted by atomic mass is 16.5. The third-order valence-electron chi connectivity index (χ3n) is 4.20. The number of aliphatic hydroxyl groups is 1. The topological polar surface area (TPSA) is 95.9 Å². The molecular formula is C16H18N2O5. The molecule has 3 amide bonds. The third kappa shape index (κ3) is 3.05. The van der Waals surface area contributed by atoms with Crippen molar-refractivity contribution in [3.8, 4) is 5.75 Å². The molecule has 1 unspecified atom stereocenters. The fourth-order valence-electron chi connectivity index (χ4n) is 2.87. The molecule has 0 radical (unpaired) electrons. The van der Waals surface area contributed by atoms with Crippen LogP contribution in [0.5, 0.6) is 5.75 Å². The minimum Gasteiger partial charge on any atom is -0.493 e. The number of carbonyl (C=O) groups excluding carboxylic acids is 3. The quantitative estimate of drug-likeness (QED) is 0.757. The van der Waals surface area contributed by atoms with Crippen LogP contribution in [0.4, 0.5) is 0 Å². The average molecular weight is 318 g/mol. The molecule has 7 nitrogen and oxygen atoms in total. The number of amides is 3. The molecule has 0 bridgehead atoms. The number of rotatable bonds is 4. The van der Waals surface area contributed by atoms with Crippen LogP contribution in [0.1, 0.15) is 24.8 Å². The molecule has 0 saturated carbocycles. The Morgan fingerprint density at radius 1 is 1.26 bits per heavy atom. The van der Waals surface area contributed by atoms with Crippen LogP contribution in [0, 0.1) is 0 Å². The van der Waals surface area contributed by atoms with Gasteiger partial charge in [0.05, 0.1) is 13.2 Å². The highest BCUT2D eigenvalue weighted by Crippen LogP contribution is 2.36. The first-order valence-electron chi connectivity index (χ1n) is 7.54. The molecule has 0 spiro atoms. The van der Waals surface area contributed by atoms with Crippen LogP contribution < -0.4 is 10.1 Å². The van der Waals surface area contributed by atoms with Gasteiger partial charge in [-0.15, -0.1) is 0 Å². The van der Waals surface area contributed by atoms with Gasteiger partial charge in [0.15, 0.2) is 0 Å². The van der Waals surface area contributed by atoms with Crippen LogP contribution >= 0.6 is 0 Å². The van der Waals surface area contributed by atoms with Crippen molar-refractivity contribution in [2.24, 2.45) is 0 Å². The van der Waals surface area contributed by atoms with Crippen molar-refractivity contribution in [3.63, 3.8) is 0 Å². The Morgan fingerprint density at radius 3 is 2.70 bits per heavy atom. The molecule has 1 aromatic carbocycles. The molecule has 3 rings (SSSR count). The van der Waals surface area contributed by atoms with E-state index < -0.39 is 11.5 Å². The second-order valence-corrected chi connectivity index (χ2v) is 5.78. The van der Waals surface area contributed by atoms with Gasteiger partial charge in [0.25, 0.3) is 0 Å². The number of hydrogen-bond acceptors (Lipinski definition) is 5. The van der Waals surface area contributed by atoms with E-state index in [-0.39, 0.29) is 37.7 Å². The molecule has 23 heavy (non-hydrogen) atoms. The molecule has 1 saturated heterocycles. The minimum absolute atomic E-state index is 0.00241. The lowest BCUT2D eigenvalue weighted by molar-refractivity contribution is -0.142. The predicted molar refractivity (Wildman–Crippen MR) is 79.4 cm³/mol. The van der Waals surface area contributed by atoms with Crippen molar-refractivity contribution in [1.82, 2.24) is 10.2 Å². The van der Waals surface area contributed by atoms with Gasteiger partial charge in [-0.1, -0.05) is 18.2 Å². The lowest BCUT2D eigenvalue weighted by Gasteiger charge is -2.34. The van der Waals surface area contributed by atoms with Gasteiger partial charge in [-0.3, -0.25) is 19.3 Å². The first-order chi connectivity index (χ1) is 11.0. The molecular weight excluding hydrogens is 300 g/mol. The van der Waals surface area contributed by atoms with E-state index in [1.807, 2.05) is 6.07 Å². The Hall–Kier alpha value is -2.41. The third-order valence-corrected chi connectivity index (χ3v) is 4.20. The molecule has 2 heterocycles. The highest BCUT2D eigenvalue weighted by Gasteiger charge is 2.36. The molecule has 1 atom stereocenters. The molecule has 2 aliphatic rings. The van der Waals surface area contributed by atoms with Crippen LogP contribution in [0.15, 0.2) is 24.3 Å². The van der Waals surface area contributed by atoms with Crippen LogP contribution in [0.25, 0.3) is 0 Å². The van der Waals surface area contributed by atoms with E-state index in [2.05, 4.69) is 5.32 Å². The van der Waals surface area contributed by atoms with Gasteiger partial charge < -0.3 is 15.2 Å². The summed E-state index contributed by atoms with van der Waals surface area (Å²) in [6.07, 6.45) is 0.660. The summed E-state index contributed by atoms with van der Waals surface area (Å²) < 4.78 is 5.49. The van der Waals surface area contributed by atoms with Crippen molar-refractivity contribution in [1.29, 1.82) is 0 Å². The number of nitrogens with one attached hydrogen (secondary N) is 1. The Balaban J connectivity index is 1.63. The van der Waals surface area contributed by atoms with E-state index in [9.17, 15) is 19.5 Å². The average Bonchev–Trinajstić information content (AvgIpc) is 2.86. The zero-order valence-corrected chi connectivity index (χ0v) is 12.6. The van der Waals surface area contributed by atoms with Crippen molar-refractivity contribution < 1.29 is 24.2 Å². The van der Waals surface area contributed by atoms with Crippen LogP contribution in [-0.2, 0) is 20.0 Å². The minimum atomic E-state index is -1.22. The van der Waals surface area contributed by atoms with Gasteiger partial charge >= 0.3 is 0 Å². The highest BCUT2D eigenvalue weighted by molar-refractivity contribution is 6.04. The molecule has 122 valence electrons. The number of ether oxygens (including phenoxy) is 1. The zero-order valence-electron chi connectivity index (χ0n) is 12.6. The van der Waals surface area contributed by atoms with E-state index >= 15 is 0 Å². The first kappa shape index (κ1) is 15.5. The van der Waals surface area contributed by atoms with Crippen LogP contribution in [0.2, 0.25) is 0 Å². The number of carbonyl (C=O) groups is 3. The fraction of sp³-hybridized carbons (Fsp3) is 0.438. The predicted octanol–water partition coefficient (Wildman–Crippen LogP) is -0.0781. The lowest BCUT2D eigenvalue weighted by Crippen LogP contribution is -2.47. The Labute approximate surface area is 133 Å². The van der Waals surface area contributed by atoms with Crippen molar-refractivity contribution in [2.75, 3.05) is 19.7 Å². The van der Waals surface area contributed by atoms with Gasteiger partial charge in [0.1, 0.15) is 17.9 Å². The second-order valence-electron chi connectivity index (χ2n) is 5.78. The summed E-state index contributed by atoms with van der Waals surface area (Å²) in [6.45, 7) is 0.0564. The van der Waals surface area contributed by atoms with Gasteiger partial charge in [-0.25, -0.2) is 0 Å². The van der Waals surface area contributed by atoms with Gasteiger partial charge in [-0.2, -0.15) is 0 Å². The molecule has 7 heteroatoms. The number of fused-ring (bicyclic) bond motifs is 1. The summed E-state index contributed by atoms with van der Waals surface area (Å²) in [5.74, 6) is -0.535. The molecule has 2 aliphatic heterocycles. The lowest BCUT2D eigenvalue weighted by atomic mass is 9.88. The number of likely N-dealkylation sites (tertiary alicyclic amines) is 1. The number of benzene rings is 1. The zero-order chi connectivity index (χ0) is 16.4. The fourth-order valence-corrected chi connectivity index (χ4v) is 2.87. The molecule has 0 aliphatic carbocycles. The monoisotopic (exact) mass is 318 g/mol. The van der Waals surface area contributed by atoms with E-state index in [4.69, 9.17) is 4.74 Å². The van der Waals surface area contributed by atoms with Crippen LogP contribution in [-0.4, -0.2) is 47.4 Å². The smallest absolute Gasteiger partial charge is 0.240 e. The first-order valence-corrected chi connectivity index (χ1v) is 7.54.